The van der Waals surface area contributed by atoms with Crippen molar-refractivity contribution in [2.24, 2.45) is 5.92 Å². The summed E-state index contributed by atoms with van der Waals surface area (Å²) in [5.74, 6) is 0.715. The summed E-state index contributed by atoms with van der Waals surface area (Å²) in [6.07, 6.45) is 4.29. The van der Waals surface area contributed by atoms with Crippen molar-refractivity contribution in [1.29, 1.82) is 5.26 Å². The van der Waals surface area contributed by atoms with E-state index in [0.717, 1.165) is 49.4 Å². The van der Waals surface area contributed by atoms with Gasteiger partial charge in [-0.15, -0.1) is 0 Å². The Balaban J connectivity index is 1.65. The number of nitriles is 1. The molecule has 7 heteroatoms. The largest absolute Gasteiger partial charge is 0.480 e. The summed E-state index contributed by atoms with van der Waals surface area (Å²) in [6.45, 7) is 2.28. The Hall–Kier alpha value is -2.59. The number of ether oxygens (including phenoxy) is 1. The zero-order chi connectivity index (χ0) is 17.4. The molecule has 0 aromatic carbocycles. The molecule has 0 unspecified atom stereocenters. The van der Waals surface area contributed by atoms with Crippen LogP contribution < -0.4 is 9.64 Å². The zero-order valence-corrected chi connectivity index (χ0v) is 14.2. The highest BCUT2D eigenvalue weighted by atomic mass is 16.5. The van der Waals surface area contributed by atoms with Gasteiger partial charge in [-0.1, -0.05) is 0 Å². The van der Waals surface area contributed by atoms with Gasteiger partial charge in [-0.25, -0.2) is 4.98 Å². The third kappa shape index (κ3) is 2.94. The quantitative estimate of drug-likeness (QED) is 0.917. The van der Waals surface area contributed by atoms with Crippen LogP contribution in [0.15, 0.2) is 18.3 Å². The van der Waals surface area contributed by atoms with Gasteiger partial charge in [-0.2, -0.15) is 10.4 Å². The van der Waals surface area contributed by atoms with E-state index in [1.807, 2.05) is 16.8 Å². The summed E-state index contributed by atoms with van der Waals surface area (Å²) < 4.78 is 7.22. The van der Waals surface area contributed by atoms with Gasteiger partial charge in [0.15, 0.2) is 0 Å². The smallest absolute Gasteiger partial charge is 0.233 e. The van der Waals surface area contributed by atoms with Gasteiger partial charge in [-0.05, 0) is 37.3 Å². The third-order valence-electron chi connectivity index (χ3n) is 4.94. The van der Waals surface area contributed by atoms with Crippen molar-refractivity contribution in [3.05, 3.63) is 35.3 Å². The molecule has 130 valence electrons. The molecule has 0 spiro atoms. The van der Waals surface area contributed by atoms with Gasteiger partial charge in [0.1, 0.15) is 17.7 Å². The molecule has 0 bridgehead atoms. The molecule has 1 saturated carbocycles. The Kier molecular flexibility index (Phi) is 4.06. The number of aliphatic hydroxyl groups is 1. The molecule has 2 aliphatic rings. The van der Waals surface area contributed by atoms with Crippen LogP contribution in [0.4, 0.5) is 5.69 Å². The number of aromatic nitrogens is 3. The second-order valence-corrected chi connectivity index (χ2v) is 6.67. The van der Waals surface area contributed by atoms with Crippen LogP contribution >= 0.6 is 0 Å². The Morgan fingerprint density at radius 2 is 2.24 bits per heavy atom. The molecule has 1 aliphatic heterocycles. The summed E-state index contributed by atoms with van der Waals surface area (Å²) >= 11 is 0. The van der Waals surface area contributed by atoms with Gasteiger partial charge in [0.05, 0.1) is 30.7 Å². The first kappa shape index (κ1) is 15.9. The minimum Gasteiger partial charge on any atom is -0.480 e. The average molecular weight is 339 g/mol. The maximum atomic E-state index is 10.4. The van der Waals surface area contributed by atoms with E-state index in [1.165, 1.54) is 7.11 Å². The molecule has 7 nitrogen and oxygen atoms in total. The highest BCUT2D eigenvalue weighted by Crippen LogP contribution is 2.40. The maximum Gasteiger partial charge on any atom is 0.233 e. The number of aliphatic hydroxyl groups excluding tert-OH is 1. The van der Waals surface area contributed by atoms with Crippen molar-refractivity contribution in [2.75, 3.05) is 18.6 Å². The predicted octanol–water partition coefficient (Wildman–Crippen LogP) is 2.01. The molecule has 4 rings (SSSR count). The number of nitrogens with zero attached hydrogens (tertiary/aromatic N) is 5. The number of aryl methyl sites for hydroxylation is 1. The lowest BCUT2D eigenvalue weighted by atomic mass is 10.1. The van der Waals surface area contributed by atoms with Crippen LogP contribution in [0.1, 0.15) is 42.3 Å². The standard InChI is InChI=1S/C18H21N5O2/c1-25-18-14(10-19)16(5-6-20-18)22-7-2-8-23-13(11-22)9-15(21-23)17(24)12-3-4-12/h5-6,9,12,17,24H,2-4,7-8,11H2,1H3/t17-/m0/s1. The van der Waals surface area contributed by atoms with E-state index >= 15 is 0 Å². The van der Waals surface area contributed by atoms with Crippen LogP contribution in [0.2, 0.25) is 0 Å². The Bertz CT molecular complexity index is 821. The van der Waals surface area contributed by atoms with Gasteiger partial charge in [0, 0.05) is 19.3 Å². The van der Waals surface area contributed by atoms with Gasteiger partial charge in [0.25, 0.3) is 0 Å². The molecular formula is C18H21N5O2. The summed E-state index contributed by atoms with van der Waals surface area (Å²) in [7, 11) is 1.52. The van der Waals surface area contributed by atoms with E-state index in [1.54, 1.807) is 6.20 Å². The first-order valence-corrected chi connectivity index (χ1v) is 8.64. The van der Waals surface area contributed by atoms with Gasteiger partial charge in [-0.3, -0.25) is 4.68 Å². The van der Waals surface area contributed by atoms with Crippen molar-refractivity contribution in [3.63, 3.8) is 0 Å². The number of rotatable bonds is 4. The van der Waals surface area contributed by atoms with Crippen LogP contribution in [-0.2, 0) is 13.1 Å². The van der Waals surface area contributed by atoms with E-state index in [2.05, 4.69) is 21.1 Å². The molecule has 1 aliphatic carbocycles. The topological polar surface area (TPSA) is 87.2 Å². The van der Waals surface area contributed by atoms with E-state index in [-0.39, 0.29) is 0 Å². The van der Waals surface area contributed by atoms with E-state index in [4.69, 9.17) is 4.74 Å². The molecule has 2 aromatic rings. The maximum absolute atomic E-state index is 10.4. The lowest BCUT2D eigenvalue weighted by Crippen LogP contribution is -2.23. The lowest BCUT2D eigenvalue weighted by Gasteiger charge is -2.23. The molecule has 3 heterocycles. The second kappa shape index (κ2) is 6.37. The lowest BCUT2D eigenvalue weighted by molar-refractivity contribution is 0.148. The number of methoxy groups -OCH3 is 1. The normalized spacial score (nSPS) is 18.2. The van der Waals surface area contributed by atoms with Crippen molar-refractivity contribution in [3.8, 4) is 11.9 Å². The van der Waals surface area contributed by atoms with E-state index < -0.39 is 6.10 Å². The average Bonchev–Trinajstić information content (AvgIpc) is 3.44. The van der Waals surface area contributed by atoms with Crippen LogP contribution in [0.5, 0.6) is 5.88 Å². The van der Waals surface area contributed by atoms with E-state index in [9.17, 15) is 10.4 Å². The number of anilines is 1. The highest BCUT2D eigenvalue weighted by Gasteiger charge is 2.33. The molecule has 0 radical (unpaired) electrons. The summed E-state index contributed by atoms with van der Waals surface area (Å²) in [5, 5.41) is 24.5. The highest BCUT2D eigenvalue weighted by molar-refractivity contribution is 5.63. The van der Waals surface area contributed by atoms with Crippen LogP contribution in [0, 0.1) is 17.2 Å². The summed E-state index contributed by atoms with van der Waals surface area (Å²) in [4.78, 5) is 6.29. The molecule has 1 atom stereocenters. The molecule has 1 N–H and O–H groups in total. The van der Waals surface area contributed by atoms with Crippen LogP contribution in [-0.4, -0.2) is 33.5 Å². The van der Waals surface area contributed by atoms with Crippen molar-refractivity contribution < 1.29 is 9.84 Å². The van der Waals surface area contributed by atoms with Gasteiger partial charge in [0.2, 0.25) is 5.88 Å². The van der Waals surface area contributed by atoms with E-state index in [0.29, 0.717) is 23.9 Å². The van der Waals surface area contributed by atoms with Crippen LogP contribution in [0.3, 0.4) is 0 Å². The molecule has 0 saturated heterocycles. The Morgan fingerprint density at radius 3 is 2.96 bits per heavy atom. The number of fused-ring (bicyclic) bond motifs is 1. The van der Waals surface area contributed by atoms with Crippen molar-refractivity contribution in [2.45, 2.75) is 38.5 Å². The molecular weight excluding hydrogens is 318 g/mol. The Labute approximate surface area is 146 Å². The summed E-state index contributed by atoms with van der Waals surface area (Å²) in [6, 6.07) is 6.07. The van der Waals surface area contributed by atoms with Crippen molar-refractivity contribution >= 4 is 5.69 Å². The predicted molar refractivity (Wildman–Crippen MR) is 91.1 cm³/mol. The molecule has 25 heavy (non-hydrogen) atoms. The SMILES string of the molecule is COc1nccc(N2CCCn3nc([C@@H](O)C4CC4)cc3C2)c1C#N. The fourth-order valence-electron chi connectivity index (χ4n) is 3.44. The number of hydrogen-bond acceptors (Lipinski definition) is 6. The zero-order valence-electron chi connectivity index (χ0n) is 14.2. The second-order valence-electron chi connectivity index (χ2n) is 6.67. The van der Waals surface area contributed by atoms with Crippen molar-refractivity contribution in [1.82, 2.24) is 14.8 Å². The molecule has 1 fully saturated rings. The van der Waals surface area contributed by atoms with Crippen LogP contribution in [0.25, 0.3) is 0 Å². The fourth-order valence-corrected chi connectivity index (χ4v) is 3.44. The van der Waals surface area contributed by atoms with Gasteiger partial charge >= 0.3 is 0 Å². The van der Waals surface area contributed by atoms with Gasteiger partial charge < -0.3 is 14.7 Å². The number of hydrogen-bond donors (Lipinski definition) is 1. The third-order valence-corrected chi connectivity index (χ3v) is 4.94. The summed E-state index contributed by atoms with van der Waals surface area (Å²) in [5.41, 5.74) is 3.11. The minimum atomic E-state index is -0.455. The minimum absolute atomic E-state index is 0.350. The molecule has 2 aromatic heterocycles. The first-order valence-electron chi connectivity index (χ1n) is 8.64. The molecule has 0 amide bonds. The first-order chi connectivity index (χ1) is 12.2. The monoisotopic (exact) mass is 339 g/mol. The fraction of sp³-hybridized carbons (Fsp3) is 0.500. The Morgan fingerprint density at radius 1 is 1.40 bits per heavy atom. The number of pyridine rings is 1.